The molecule has 0 aliphatic carbocycles. The number of ether oxygens (including phenoxy) is 1. The lowest BCUT2D eigenvalue weighted by Gasteiger charge is -2.26. The van der Waals surface area contributed by atoms with Gasteiger partial charge in [0.05, 0.1) is 30.6 Å². The number of rotatable bonds is 5. The van der Waals surface area contributed by atoms with E-state index in [0.717, 1.165) is 57.0 Å². The van der Waals surface area contributed by atoms with Crippen LogP contribution in [-0.4, -0.2) is 49.3 Å². The lowest BCUT2D eigenvalue weighted by Crippen LogP contribution is -2.37. The number of anilines is 1. The van der Waals surface area contributed by atoms with Crippen molar-refractivity contribution in [2.75, 3.05) is 44.7 Å². The number of aromatic nitrogens is 1. The number of para-hydroxylation sites is 1. The van der Waals surface area contributed by atoms with E-state index in [1.165, 1.54) is 5.39 Å². The SMILES string of the molecule is c1ccc2ncc(NCCCN3CCOCC3)cc2c1. The van der Waals surface area contributed by atoms with Crippen LogP contribution in [0.15, 0.2) is 36.5 Å². The Morgan fingerprint density at radius 1 is 1.20 bits per heavy atom. The Morgan fingerprint density at radius 3 is 2.95 bits per heavy atom. The van der Waals surface area contributed by atoms with Gasteiger partial charge in [-0.3, -0.25) is 9.88 Å². The summed E-state index contributed by atoms with van der Waals surface area (Å²) in [6.07, 6.45) is 3.06. The quantitative estimate of drug-likeness (QED) is 0.847. The maximum absolute atomic E-state index is 5.35. The Labute approximate surface area is 119 Å². The molecule has 1 aliphatic heterocycles. The molecule has 1 aliphatic rings. The van der Waals surface area contributed by atoms with E-state index in [9.17, 15) is 0 Å². The number of pyridine rings is 1. The standard InChI is InChI=1S/C16H21N3O/c1-2-5-16-14(4-1)12-15(13-18-16)17-6-3-7-19-8-10-20-11-9-19/h1-2,4-5,12-13,17H,3,6-11H2. The van der Waals surface area contributed by atoms with Crippen LogP contribution >= 0.6 is 0 Å². The highest BCUT2D eigenvalue weighted by Crippen LogP contribution is 2.15. The van der Waals surface area contributed by atoms with Crippen LogP contribution in [-0.2, 0) is 4.74 Å². The number of fused-ring (bicyclic) bond motifs is 1. The van der Waals surface area contributed by atoms with Crippen LogP contribution in [0.4, 0.5) is 5.69 Å². The van der Waals surface area contributed by atoms with Crippen LogP contribution in [0.3, 0.4) is 0 Å². The van der Waals surface area contributed by atoms with Gasteiger partial charge >= 0.3 is 0 Å². The molecule has 0 spiro atoms. The first kappa shape index (κ1) is 13.3. The van der Waals surface area contributed by atoms with Crippen LogP contribution in [0.5, 0.6) is 0 Å². The Balaban J connectivity index is 1.47. The second-order valence-corrected chi connectivity index (χ2v) is 5.15. The molecule has 1 aromatic carbocycles. The molecule has 4 nitrogen and oxygen atoms in total. The van der Waals surface area contributed by atoms with Crippen molar-refractivity contribution in [2.24, 2.45) is 0 Å². The molecule has 2 aromatic rings. The molecule has 1 fully saturated rings. The van der Waals surface area contributed by atoms with Gasteiger partial charge in [0.15, 0.2) is 0 Å². The van der Waals surface area contributed by atoms with Gasteiger partial charge in [0.1, 0.15) is 0 Å². The topological polar surface area (TPSA) is 37.4 Å². The van der Waals surface area contributed by atoms with Gasteiger partial charge in [-0.05, 0) is 25.1 Å². The molecule has 2 heterocycles. The minimum absolute atomic E-state index is 0.877. The smallest absolute Gasteiger partial charge is 0.0703 e. The molecule has 0 saturated carbocycles. The van der Waals surface area contributed by atoms with E-state index >= 15 is 0 Å². The molecule has 0 radical (unpaired) electrons. The number of morpholine rings is 1. The van der Waals surface area contributed by atoms with Crippen molar-refractivity contribution < 1.29 is 4.74 Å². The third kappa shape index (κ3) is 3.46. The zero-order valence-electron chi connectivity index (χ0n) is 11.7. The Morgan fingerprint density at radius 2 is 2.05 bits per heavy atom. The highest BCUT2D eigenvalue weighted by molar-refractivity contribution is 5.81. The van der Waals surface area contributed by atoms with Gasteiger partial charge in [0.2, 0.25) is 0 Å². The van der Waals surface area contributed by atoms with Crippen molar-refractivity contribution in [3.8, 4) is 0 Å². The number of nitrogens with zero attached hydrogens (tertiary/aromatic N) is 2. The van der Waals surface area contributed by atoms with Gasteiger partial charge in [-0.2, -0.15) is 0 Å². The van der Waals surface area contributed by atoms with Gasteiger partial charge in [0.25, 0.3) is 0 Å². The summed E-state index contributed by atoms with van der Waals surface area (Å²) in [7, 11) is 0. The van der Waals surface area contributed by atoms with Crippen molar-refractivity contribution in [1.82, 2.24) is 9.88 Å². The molecule has 20 heavy (non-hydrogen) atoms. The van der Waals surface area contributed by atoms with E-state index in [0.29, 0.717) is 0 Å². The van der Waals surface area contributed by atoms with Gasteiger partial charge in [0, 0.05) is 25.0 Å². The van der Waals surface area contributed by atoms with Gasteiger partial charge < -0.3 is 10.1 Å². The number of nitrogens with one attached hydrogen (secondary N) is 1. The fourth-order valence-electron chi connectivity index (χ4n) is 2.53. The van der Waals surface area contributed by atoms with E-state index in [2.05, 4.69) is 27.3 Å². The monoisotopic (exact) mass is 271 g/mol. The second kappa shape index (κ2) is 6.68. The minimum Gasteiger partial charge on any atom is -0.384 e. The lowest BCUT2D eigenvalue weighted by molar-refractivity contribution is 0.0378. The third-order valence-corrected chi connectivity index (χ3v) is 3.67. The molecule has 106 valence electrons. The van der Waals surface area contributed by atoms with Crippen LogP contribution in [0.25, 0.3) is 10.9 Å². The molecule has 0 atom stereocenters. The third-order valence-electron chi connectivity index (χ3n) is 3.67. The molecule has 0 bridgehead atoms. The zero-order chi connectivity index (χ0) is 13.6. The summed E-state index contributed by atoms with van der Waals surface area (Å²) in [4.78, 5) is 6.92. The largest absolute Gasteiger partial charge is 0.384 e. The van der Waals surface area contributed by atoms with Gasteiger partial charge in [-0.15, -0.1) is 0 Å². The molecule has 1 saturated heterocycles. The second-order valence-electron chi connectivity index (χ2n) is 5.15. The Bertz CT molecular complexity index is 552. The van der Waals surface area contributed by atoms with E-state index < -0.39 is 0 Å². The molecule has 4 heteroatoms. The molecule has 0 amide bonds. The summed E-state index contributed by atoms with van der Waals surface area (Å²) in [5, 5.41) is 4.64. The van der Waals surface area contributed by atoms with Crippen molar-refractivity contribution in [3.63, 3.8) is 0 Å². The molecule has 0 unspecified atom stereocenters. The first-order valence-electron chi connectivity index (χ1n) is 7.30. The minimum atomic E-state index is 0.877. The van der Waals surface area contributed by atoms with Crippen LogP contribution in [0.1, 0.15) is 6.42 Å². The predicted octanol–water partition coefficient (Wildman–Crippen LogP) is 2.37. The van der Waals surface area contributed by atoms with Crippen molar-refractivity contribution in [3.05, 3.63) is 36.5 Å². The van der Waals surface area contributed by atoms with E-state index in [1.807, 2.05) is 24.4 Å². The predicted molar refractivity (Wildman–Crippen MR) is 82.1 cm³/mol. The van der Waals surface area contributed by atoms with Crippen LogP contribution in [0, 0.1) is 0 Å². The summed E-state index contributed by atoms with van der Waals surface area (Å²) < 4.78 is 5.35. The molecule has 1 N–H and O–H groups in total. The normalized spacial score (nSPS) is 16.4. The molecule has 1 aromatic heterocycles. The highest BCUT2D eigenvalue weighted by Gasteiger charge is 2.08. The summed E-state index contributed by atoms with van der Waals surface area (Å²) in [6.45, 7) is 6.01. The van der Waals surface area contributed by atoms with Gasteiger partial charge in [-0.1, -0.05) is 18.2 Å². The Hall–Kier alpha value is -1.65. The zero-order valence-corrected chi connectivity index (χ0v) is 11.7. The van der Waals surface area contributed by atoms with E-state index in [4.69, 9.17) is 4.74 Å². The van der Waals surface area contributed by atoms with Crippen molar-refractivity contribution in [1.29, 1.82) is 0 Å². The van der Waals surface area contributed by atoms with Crippen molar-refractivity contribution in [2.45, 2.75) is 6.42 Å². The van der Waals surface area contributed by atoms with Crippen LogP contribution < -0.4 is 5.32 Å². The maximum atomic E-state index is 5.35. The van der Waals surface area contributed by atoms with E-state index in [1.54, 1.807) is 0 Å². The highest BCUT2D eigenvalue weighted by atomic mass is 16.5. The first-order valence-corrected chi connectivity index (χ1v) is 7.30. The maximum Gasteiger partial charge on any atom is 0.0703 e. The average molecular weight is 271 g/mol. The van der Waals surface area contributed by atoms with E-state index in [-0.39, 0.29) is 0 Å². The number of benzene rings is 1. The fourth-order valence-corrected chi connectivity index (χ4v) is 2.53. The molecule has 3 rings (SSSR count). The molecular weight excluding hydrogens is 250 g/mol. The summed E-state index contributed by atoms with van der Waals surface area (Å²) in [5.74, 6) is 0. The summed E-state index contributed by atoms with van der Waals surface area (Å²) in [6, 6.07) is 10.4. The van der Waals surface area contributed by atoms with Gasteiger partial charge in [-0.25, -0.2) is 0 Å². The van der Waals surface area contributed by atoms with Crippen molar-refractivity contribution >= 4 is 16.6 Å². The van der Waals surface area contributed by atoms with Crippen LogP contribution in [0.2, 0.25) is 0 Å². The first-order chi connectivity index (χ1) is 9.92. The lowest BCUT2D eigenvalue weighted by atomic mass is 10.2. The number of hydrogen-bond donors (Lipinski definition) is 1. The fraction of sp³-hybridized carbons (Fsp3) is 0.438. The average Bonchev–Trinajstić information content (AvgIpc) is 2.52. The molecular formula is C16H21N3O. The summed E-state index contributed by atoms with van der Waals surface area (Å²) >= 11 is 0. The number of hydrogen-bond acceptors (Lipinski definition) is 4. The summed E-state index contributed by atoms with van der Waals surface area (Å²) in [5.41, 5.74) is 2.15. The Kier molecular flexibility index (Phi) is 4.46.